The number of para-hydroxylation sites is 1. The third-order valence-electron chi connectivity index (χ3n) is 5.65. The molecule has 0 aliphatic rings. The zero-order chi connectivity index (χ0) is 22.7. The van der Waals surface area contributed by atoms with Crippen LogP contribution in [0.25, 0.3) is 16.6 Å². The number of benzene rings is 2. The van der Waals surface area contributed by atoms with Gasteiger partial charge < -0.3 is 9.80 Å². The minimum absolute atomic E-state index is 0.0453. The molecule has 0 aliphatic carbocycles. The molecular formula is C25H32N4O2. The van der Waals surface area contributed by atoms with Crippen LogP contribution in [0.1, 0.15) is 43.3 Å². The lowest BCUT2D eigenvalue weighted by Gasteiger charge is -2.31. The number of aromatic nitrogens is 2. The second-order valence-corrected chi connectivity index (χ2v) is 8.34. The second kappa shape index (κ2) is 9.43. The first-order valence-electron chi connectivity index (χ1n) is 10.8. The lowest BCUT2D eigenvalue weighted by Crippen LogP contribution is -2.40. The Morgan fingerprint density at radius 1 is 1.10 bits per heavy atom. The molecule has 31 heavy (non-hydrogen) atoms. The maximum atomic E-state index is 13.6. The summed E-state index contributed by atoms with van der Waals surface area (Å²) in [6.45, 7) is 9.15. The van der Waals surface area contributed by atoms with Gasteiger partial charge in [0.2, 0.25) is 5.91 Å². The molecule has 1 atom stereocenters. The molecule has 0 N–H and O–H groups in total. The van der Waals surface area contributed by atoms with Gasteiger partial charge in [-0.05, 0) is 58.6 Å². The molecule has 0 spiro atoms. The number of carbonyl (C=O) groups excluding carboxylic acids is 1. The van der Waals surface area contributed by atoms with E-state index in [1.54, 1.807) is 10.6 Å². The zero-order valence-corrected chi connectivity index (χ0v) is 19.3. The van der Waals surface area contributed by atoms with Crippen LogP contribution in [0, 0.1) is 13.8 Å². The first-order valence-corrected chi connectivity index (χ1v) is 10.8. The Labute approximate surface area is 184 Å². The topological polar surface area (TPSA) is 58.4 Å². The third-order valence-corrected chi connectivity index (χ3v) is 5.65. The van der Waals surface area contributed by atoms with E-state index in [1.165, 1.54) is 0 Å². The molecule has 0 fully saturated rings. The van der Waals surface area contributed by atoms with Crippen molar-refractivity contribution in [2.45, 2.75) is 40.2 Å². The number of rotatable bonds is 7. The Morgan fingerprint density at radius 2 is 1.81 bits per heavy atom. The maximum absolute atomic E-state index is 13.6. The van der Waals surface area contributed by atoms with Crippen LogP contribution in [0.4, 0.5) is 0 Å². The molecule has 1 heterocycles. The van der Waals surface area contributed by atoms with E-state index in [2.05, 4.69) is 6.07 Å². The Balaban J connectivity index is 2.26. The Morgan fingerprint density at radius 3 is 2.45 bits per heavy atom. The van der Waals surface area contributed by atoms with Crippen LogP contribution >= 0.6 is 0 Å². The quantitative estimate of drug-likeness (QED) is 0.582. The Hall–Kier alpha value is -2.99. The van der Waals surface area contributed by atoms with E-state index in [0.29, 0.717) is 29.7 Å². The largest absolute Gasteiger partial charge is 0.332 e. The SMILES string of the molecule is CCC(=O)N(CCN(C)C)C(C)c1nc2ccccc2c(=O)n1-c1ccc(C)cc1C. The average molecular weight is 421 g/mol. The number of fused-ring (bicyclic) bond motifs is 1. The molecule has 3 rings (SSSR count). The molecule has 0 radical (unpaired) electrons. The van der Waals surface area contributed by atoms with Gasteiger partial charge in [0.25, 0.3) is 5.56 Å². The van der Waals surface area contributed by atoms with Gasteiger partial charge in [-0.25, -0.2) is 4.98 Å². The number of amides is 1. The summed E-state index contributed by atoms with van der Waals surface area (Å²) in [6, 6.07) is 13.1. The van der Waals surface area contributed by atoms with Crippen LogP contribution < -0.4 is 5.56 Å². The summed E-state index contributed by atoms with van der Waals surface area (Å²) in [4.78, 5) is 35.2. The Bertz CT molecular complexity index is 1150. The van der Waals surface area contributed by atoms with Gasteiger partial charge in [-0.15, -0.1) is 0 Å². The van der Waals surface area contributed by atoms with Gasteiger partial charge in [0.1, 0.15) is 5.82 Å². The number of aryl methyl sites for hydroxylation is 2. The molecule has 3 aromatic rings. The van der Waals surface area contributed by atoms with E-state index in [4.69, 9.17) is 4.98 Å². The number of hydrogen-bond donors (Lipinski definition) is 0. The fourth-order valence-electron chi connectivity index (χ4n) is 3.90. The second-order valence-electron chi connectivity index (χ2n) is 8.34. The highest BCUT2D eigenvalue weighted by Gasteiger charge is 2.26. The number of nitrogens with zero attached hydrogens (tertiary/aromatic N) is 4. The molecule has 2 aromatic carbocycles. The van der Waals surface area contributed by atoms with Crippen molar-refractivity contribution in [3.8, 4) is 5.69 Å². The predicted molar refractivity (Wildman–Crippen MR) is 126 cm³/mol. The van der Waals surface area contributed by atoms with Crippen molar-refractivity contribution >= 4 is 16.8 Å². The van der Waals surface area contributed by atoms with Crippen molar-refractivity contribution in [2.75, 3.05) is 27.2 Å². The van der Waals surface area contributed by atoms with Gasteiger partial charge in [-0.1, -0.05) is 36.8 Å². The zero-order valence-electron chi connectivity index (χ0n) is 19.3. The van der Waals surface area contributed by atoms with Crippen LogP contribution in [0.2, 0.25) is 0 Å². The molecule has 6 nitrogen and oxygen atoms in total. The molecule has 164 valence electrons. The molecule has 0 aliphatic heterocycles. The van der Waals surface area contributed by atoms with Gasteiger partial charge in [0.05, 0.1) is 22.6 Å². The van der Waals surface area contributed by atoms with Crippen molar-refractivity contribution < 1.29 is 4.79 Å². The van der Waals surface area contributed by atoms with Crippen molar-refractivity contribution in [3.63, 3.8) is 0 Å². The lowest BCUT2D eigenvalue weighted by molar-refractivity contribution is -0.133. The van der Waals surface area contributed by atoms with E-state index < -0.39 is 0 Å². The first kappa shape index (κ1) is 22.7. The van der Waals surface area contributed by atoms with Gasteiger partial charge >= 0.3 is 0 Å². The highest BCUT2D eigenvalue weighted by molar-refractivity contribution is 5.79. The number of hydrogen-bond acceptors (Lipinski definition) is 4. The molecule has 1 unspecified atom stereocenters. The van der Waals surface area contributed by atoms with Gasteiger partial charge in [-0.2, -0.15) is 0 Å². The van der Waals surface area contributed by atoms with Crippen LogP contribution in [0.5, 0.6) is 0 Å². The predicted octanol–water partition coefficient (Wildman–Crippen LogP) is 3.86. The molecule has 1 amide bonds. The van der Waals surface area contributed by atoms with Crippen LogP contribution in [0.15, 0.2) is 47.3 Å². The third kappa shape index (κ3) is 4.69. The molecule has 0 bridgehead atoms. The summed E-state index contributed by atoms with van der Waals surface area (Å²) in [7, 11) is 3.97. The fraction of sp³-hybridized carbons (Fsp3) is 0.400. The van der Waals surface area contributed by atoms with Gasteiger partial charge in [0, 0.05) is 19.5 Å². The van der Waals surface area contributed by atoms with E-state index in [-0.39, 0.29) is 17.5 Å². The van der Waals surface area contributed by atoms with Gasteiger partial charge in [-0.3, -0.25) is 14.2 Å². The average Bonchev–Trinajstić information content (AvgIpc) is 2.74. The molecule has 1 aromatic heterocycles. The molecule has 0 saturated heterocycles. The molecule has 6 heteroatoms. The highest BCUT2D eigenvalue weighted by Crippen LogP contribution is 2.25. The van der Waals surface area contributed by atoms with E-state index in [1.807, 2.05) is 81.9 Å². The smallest absolute Gasteiger partial charge is 0.266 e. The normalized spacial score (nSPS) is 12.4. The summed E-state index contributed by atoms with van der Waals surface area (Å²) in [5.41, 5.74) is 3.45. The summed E-state index contributed by atoms with van der Waals surface area (Å²) in [5, 5.41) is 0.570. The number of carbonyl (C=O) groups is 1. The highest BCUT2D eigenvalue weighted by atomic mass is 16.2. The van der Waals surface area contributed by atoms with Crippen LogP contribution in [-0.4, -0.2) is 52.4 Å². The van der Waals surface area contributed by atoms with E-state index in [0.717, 1.165) is 23.4 Å². The molecular weight excluding hydrogens is 388 g/mol. The lowest BCUT2D eigenvalue weighted by atomic mass is 10.1. The first-order chi connectivity index (χ1) is 14.7. The van der Waals surface area contributed by atoms with Gasteiger partial charge in [0.15, 0.2) is 0 Å². The summed E-state index contributed by atoms with van der Waals surface area (Å²) >= 11 is 0. The van der Waals surface area contributed by atoms with E-state index in [9.17, 15) is 9.59 Å². The maximum Gasteiger partial charge on any atom is 0.266 e. The monoisotopic (exact) mass is 420 g/mol. The van der Waals surface area contributed by atoms with Crippen molar-refractivity contribution in [3.05, 3.63) is 69.8 Å². The standard InChI is InChI=1S/C25H32N4O2/c1-7-23(30)28(15-14-27(5)6)19(4)24-26-21-11-9-8-10-20(21)25(31)29(24)22-13-12-17(2)16-18(22)3/h8-13,16,19H,7,14-15H2,1-6H3. The van der Waals surface area contributed by atoms with Crippen LogP contribution in [0.3, 0.4) is 0 Å². The van der Waals surface area contributed by atoms with Crippen molar-refractivity contribution in [2.24, 2.45) is 0 Å². The van der Waals surface area contributed by atoms with E-state index >= 15 is 0 Å². The van der Waals surface area contributed by atoms with Crippen molar-refractivity contribution in [1.82, 2.24) is 19.4 Å². The fourth-order valence-corrected chi connectivity index (χ4v) is 3.90. The summed E-state index contributed by atoms with van der Waals surface area (Å²) < 4.78 is 1.69. The summed E-state index contributed by atoms with van der Waals surface area (Å²) in [5.74, 6) is 0.625. The Kier molecular flexibility index (Phi) is 6.91. The summed E-state index contributed by atoms with van der Waals surface area (Å²) in [6.07, 6.45) is 0.402. The van der Waals surface area contributed by atoms with Crippen LogP contribution in [-0.2, 0) is 4.79 Å². The minimum atomic E-state index is -0.356. The minimum Gasteiger partial charge on any atom is -0.332 e. The van der Waals surface area contributed by atoms with Crippen molar-refractivity contribution in [1.29, 1.82) is 0 Å². The number of likely N-dealkylation sites (N-methyl/N-ethyl adjacent to an activating group) is 1. The molecule has 0 saturated carbocycles.